The standard InChI is InChI=1S/C28H36BN4O7/c1-31(2)21-14(12-33-5-7-40-8-6-33)11-17(34)19-15(21)9-13-10-16-22(32(3)4)24(36)20(27(30)38)25(29)28(16,39)26(37)18(13)23(19)35/h11,13,16,22,34-36,39H,5-10,12H2,1-4H3,(H2,30,38)/t13-,16-,22-,28+/m0/s1. The molecule has 40 heavy (non-hydrogen) atoms. The van der Waals surface area contributed by atoms with Gasteiger partial charge in [-0.2, -0.15) is 0 Å². The zero-order valence-corrected chi connectivity index (χ0v) is 23.3. The van der Waals surface area contributed by atoms with E-state index in [0.717, 1.165) is 24.3 Å². The van der Waals surface area contributed by atoms with Gasteiger partial charge in [0, 0.05) is 0 Å². The van der Waals surface area contributed by atoms with Gasteiger partial charge in [0.1, 0.15) is 0 Å². The van der Waals surface area contributed by atoms with E-state index >= 15 is 0 Å². The van der Waals surface area contributed by atoms with Crippen LogP contribution in [0.3, 0.4) is 0 Å². The summed E-state index contributed by atoms with van der Waals surface area (Å²) in [6, 6.07) is 0.684. The number of carbonyl (C=O) groups is 2. The van der Waals surface area contributed by atoms with Gasteiger partial charge in [0.2, 0.25) is 0 Å². The van der Waals surface area contributed by atoms with Gasteiger partial charge in [-0.3, -0.25) is 0 Å². The summed E-state index contributed by atoms with van der Waals surface area (Å²) < 4.78 is 5.47. The predicted octanol–water partition coefficient (Wildman–Crippen LogP) is -0.366. The number of phenolic OH excluding ortho intramolecular Hbond substituents is 1. The van der Waals surface area contributed by atoms with Gasteiger partial charge in [-0.1, -0.05) is 0 Å². The fourth-order valence-corrected chi connectivity index (χ4v) is 7.14. The summed E-state index contributed by atoms with van der Waals surface area (Å²) in [5.41, 5.74) is 4.59. The Morgan fingerprint density at radius 2 is 1.85 bits per heavy atom. The van der Waals surface area contributed by atoms with Crippen LogP contribution in [0.2, 0.25) is 0 Å². The van der Waals surface area contributed by atoms with E-state index in [1.165, 1.54) is 0 Å². The third-order valence-corrected chi connectivity index (χ3v) is 8.82. The van der Waals surface area contributed by atoms with Crippen LogP contribution in [-0.4, -0.2) is 121 Å². The molecule has 0 spiro atoms. The van der Waals surface area contributed by atoms with E-state index in [4.69, 9.17) is 18.0 Å². The molecular formula is C28H36BN4O7. The number of hydrogen-bond acceptors (Lipinski definition) is 10. The van der Waals surface area contributed by atoms with Crippen LogP contribution in [0.5, 0.6) is 5.75 Å². The van der Waals surface area contributed by atoms with Crippen LogP contribution in [0.1, 0.15) is 23.1 Å². The number of nitrogens with two attached hydrogens (primary N) is 1. The number of rotatable bonds is 5. The number of ketones is 1. The van der Waals surface area contributed by atoms with E-state index in [-0.39, 0.29) is 23.3 Å². The summed E-state index contributed by atoms with van der Waals surface area (Å²) in [7, 11) is 13.3. The molecule has 1 saturated carbocycles. The van der Waals surface area contributed by atoms with Gasteiger partial charge in [0.15, 0.2) is 0 Å². The molecule has 1 aromatic rings. The normalized spacial score (nSPS) is 28.9. The van der Waals surface area contributed by atoms with Crippen molar-refractivity contribution in [1.29, 1.82) is 0 Å². The minimum atomic E-state index is -2.39. The number of carbonyl (C=O) groups excluding carboxylic acids is 2. The predicted molar refractivity (Wildman–Crippen MR) is 150 cm³/mol. The molecule has 3 aliphatic carbocycles. The van der Waals surface area contributed by atoms with Gasteiger partial charge >= 0.3 is 216 Å². The SMILES string of the molecule is [B]=C1C(C(N)=O)=C(O)[C@@H](N(C)C)[C@@H]2C[C@@H]3Cc4c(c(O)cc(CN5CCOCC5)c4N(C)C)C(O)=C3C(=O)[C@]12O. The molecule has 1 radical (unpaired) electrons. The number of primary amides is 1. The molecule has 213 valence electrons. The number of amides is 1. The Balaban J connectivity index is 1.66. The maximum absolute atomic E-state index is 14.1. The van der Waals surface area contributed by atoms with E-state index in [1.807, 2.05) is 19.0 Å². The average molecular weight is 551 g/mol. The Morgan fingerprint density at radius 1 is 1.20 bits per heavy atom. The van der Waals surface area contributed by atoms with E-state index < -0.39 is 57.7 Å². The molecule has 5 rings (SSSR count). The van der Waals surface area contributed by atoms with Crippen LogP contribution in [0.25, 0.3) is 5.76 Å². The summed E-state index contributed by atoms with van der Waals surface area (Å²) in [5, 5.41) is 45.6. The number of nitrogens with zero attached hydrogens (tertiary/aromatic N) is 3. The first kappa shape index (κ1) is 28.3. The number of likely N-dealkylation sites (N-methyl/N-ethyl adjacent to an activating group) is 1. The van der Waals surface area contributed by atoms with Gasteiger partial charge in [-0.05, 0) is 0 Å². The van der Waals surface area contributed by atoms with Gasteiger partial charge in [0.25, 0.3) is 0 Å². The maximum atomic E-state index is 14.1. The van der Waals surface area contributed by atoms with Crippen molar-refractivity contribution in [2.24, 2.45) is 17.6 Å². The van der Waals surface area contributed by atoms with Crippen molar-refractivity contribution >= 4 is 36.1 Å². The van der Waals surface area contributed by atoms with Crippen molar-refractivity contribution < 1.29 is 34.8 Å². The Morgan fingerprint density at radius 3 is 2.42 bits per heavy atom. The first-order valence-corrected chi connectivity index (χ1v) is 13.4. The molecule has 12 heteroatoms. The second-order valence-electron chi connectivity index (χ2n) is 11.6. The van der Waals surface area contributed by atoms with Crippen molar-refractivity contribution in [3.63, 3.8) is 0 Å². The van der Waals surface area contributed by atoms with Crippen molar-refractivity contribution in [3.8, 4) is 5.75 Å². The van der Waals surface area contributed by atoms with E-state index in [0.29, 0.717) is 31.7 Å². The topological polar surface area (TPSA) is 160 Å². The number of aromatic hydroxyl groups is 1. The summed E-state index contributed by atoms with van der Waals surface area (Å²) in [5.74, 6) is -4.39. The number of morpholine rings is 1. The van der Waals surface area contributed by atoms with E-state index in [9.17, 15) is 30.0 Å². The first-order valence-electron chi connectivity index (χ1n) is 13.4. The summed E-state index contributed by atoms with van der Waals surface area (Å²) in [6.45, 7) is 3.34. The van der Waals surface area contributed by atoms with Crippen LogP contribution in [0.4, 0.5) is 5.69 Å². The fourth-order valence-electron chi connectivity index (χ4n) is 7.14. The van der Waals surface area contributed by atoms with Crippen molar-refractivity contribution in [1.82, 2.24) is 9.80 Å². The Hall–Kier alpha value is -3.19. The molecule has 1 saturated heterocycles. The van der Waals surface area contributed by atoms with Gasteiger partial charge in [0.05, 0.1) is 13.2 Å². The molecule has 0 bridgehead atoms. The third kappa shape index (κ3) is 4.08. The average Bonchev–Trinajstić information content (AvgIpc) is 2.86. The molecule has 1 aliphatic heterocycles. The first-order chi connectivity index (χ1) is 18.8. The second-order valence-corrected chi connectivity index (χ2v) is 11.6. The number of anilines is 1. The number of fused-ring (bicyclic) bond motifs is 3. The van der Waals surface area contributed by atoms with Crippen molar-refractivity contribution in [2.45, 2.75) is 31.0 Å². The number of aliphatic hydroxyl groups excluding tert-OH is 2. The second kappa shape index (κ2) is 10.0. The molecule has 11 nitrogen and oxygen atoms in total. The Kier molecular flexibility index (Phi) is 7.10. The number of Topliss-reactive ketones (excluding diaryl/α,β-unsaturated/α-hetero) is 1. The van der Waals surface area contributed by atoms with Gasteiger partial charge in [-0.25, -0.2) is 0 Å². The molecular weight excluding hydrogens is 515 g/mol. The van der Waals surface area contributed by atoms with Crippen LogP contribution in [-0.2, 0) is 27.3 Å². The van der Waals surface area contributed by atoms with Gasteiger partial charge in [-0.15, -0.1) is 0 Å². The van der Waals surface area contributed by atoms with Gasteiger partial charge < -0.3 is 4.74 Å². The molecule has 1 aromatic carbocycles. The number of hydrogen-bond donors (Lipinski definition) is 5. The van der Waals surface area contributed by atoms with E-state index in [2.05, 4.69) is 4.90 Å². The Bertz CT molecular complexity index is 1360. The van der Waals surface area contributed by atoms with Crippen LogP contribution >= 0.6 is 0 Å². The zero-order chi connectivity index (χ0) is 29.3. The molecule has 6 N–H and O–H groups in total. The number of aliphatic hydroxyl groups is 3. The molecule has 1 amide bonds. The monoisotopic (exact) mass is 551 g/mol. The summed E-state index contributed by atoms with van der Waals surface area (Å²) in [4.78, 5) is 32.1. The number of ether oxygens (including phenoxy) is 1. The Labute approximate surface area is 234 Å². The fraction of sp³-hybridized carbons (Fsp3) is 0.536. The van der Waals surface area contributed by atoms with Crippen molar-refractivity contribution in [3.05, 3.63) is 39.7 Å². The quantitative estimate of drug-likeness (QED) is 0.306. The molecule has 1 heterocycles. The minimum absolute atomic E-state index is 0.0575. The number of benzene rings is 1. The van der Waals surface area contributed by atoms with E-state index in [1.54, 1.807) is 25.1 Å². The van der Waals surface area contributed by atoms with Crippen molar-refractivity contribution in [2.75, 3.05) is 59.4 Å². The summed E-state index contributed by atoms with van der Waals surface area (Å²) in [6.07, 6.45) is 0.473. The van der Waals surface area contributed by atoms with Crippen LogP contribution < -0.4 is 10.6 Å². The number of phenols is 1. The molecule has 4 atom stereocenters. The zero-order valence-electron chi connectivity index (χ0n) is 23.3. The summed E-state index contributed by atoms with van der Waals surface area (Å²) >= 11 is 0. The molecule has 0 unspecified atom stereocenters. The third-order valence-electron chi connectivity index (χ3n) is 8.82. The van der Waals surface area contributed by atoms with Crippen LogP contribution in [0, 0.1) is 11.8 Å². The molecule has 2 fully saturated rings. The molecule has 0 aromatic heterocycles. The molecule has 4 aliphatic rings. The van der Waals surface area contributed by atoms with Crippen LogP contribution in [0.15, 0.2) is 23.0 Å².